The van der Waals surface area contributed by atoms with E-state index < -0.39 is 0 Å². The van der Waals surface area contributed by atoms with Crippen molar-refractivity contribution in [1.82, 2.24) is 19.7 Å². The number of hydrogen-bond acceptors (Lipinski definition) is 3. The average Bonchev–Trinajstić information content (AvgIpc) is 3.32. The smallest absolute Gasteiger partial charge is 0.296 e. The Morgan fingerprint density at radius 3 is 2.60 bits per heavy atom. The molecular weight excluding hydrogens is 314 g/mol. The van der Waals surface area contributed by atoms with Crippen LogP contribution >= 0.6 is 0 Å². The molecule has 0 spiro atoms. The van der Waals surface area contributed by atoms with E-state index >= 15 is 0 Å². The largest absolute Gasteiger partial charge is 0.350 e. The summed E-state index contributed by atoms with van der Waals surface area (Å²) in [5.74, 6) is -0.311. The highest BCUT2D eigenvalue weighted by Crippen LogP contribution is 2.28. The summed E-state index contributed by atoms with van der Waals surface area (Å²) in [5.41, 5.74) is 2.93. The van der Waals surface area contributed by atoms with Gasteiger partial charge in [-0.25, -0.2) is 0 Å². The van der Waals surface area contributed by atoms with Gasteiger partial charge >= 0.3 is 0 Å². The van der Waals surface area contributed by atoms with Crippen LogP contribution in [-0.2, 0) is 0 Å². The van der Waals surface area contributed by atoms with Gasteiger partial charge in [0.2, 0.25) is 0 Å². The lowest BCUT2D eigenvalue weighted by Gasteiger charge is -1.98. The summed E-state index contributed by atoms with van der Waals surface area (Å²) in [6.07, 6.45) is 0. The molecule has 2 aromatic carbocycles. The summed E-state index contributed by atoms with van der Waals surface area (Å²) in [6, 6.07) is 19.2. The Balaban J connectivity index is 1.77. The molecule has 0 aliphatic rings. The first-order valence-corrected chi connectivity index (χ1v) is 7.78. The summed E-state index contributed by atoms with van der Waals surface area (Å²) in [5, 5.41) is 16.2. The number of benzene rings is 2. The quantitative estimate of drug-likeness (QED) is 0.494. The number of hydrogen-bond donors (Lipinski definition) is 2. The molecule has 0 bridgehead atoms. The molecule has 3 aromatic heterocycles. The van der Waals surface area contributed by atoms with Crippen LogP contribution in [0.3, 0.4) is 0 Å². The first-order chi connectivity index (χ1) is 12.3. The number of fused-ring (bicyclic) bond motifs is 4. The number of H-pyrrole nitrogens is 2. The predicted molar refractivity (Wildman–Crippen MR) is 94.3 cm³/mol. The molecule has 0 fully saturated rings. The van der Waals surface area contributed by atoms with Crippen molar-refractivity contribution in [3.63, 3.8) is 0 Å². The Labute approximate surface area is 141 Å². The van der Waals surface area contributed by atoms with Gasteiger partial charge in [0.25, 0.3) is 5.91 Å². The molecule has 3 heterocycles. The van der Waals surface area contributed by atoms with Crippen molar-refractivity contribution in [1.29, 1.82) is 5.26 Å². The lowest BCUT2D eigenvalue weighted by molar-refractivity contribution is 0.0945. The van der Waals surface area contributed by atoms with E-state index in [0.29, 0.717) is 16.7 Å². The van der Waals surface area contributed by atoms with Gasteiger partial charge in [0.1, 0.15) is 17.4 Å². The molecule has 0 radical (unpaired) electrons. The summed E-state index contributed by atoms with van der Waals surface area (Å²) in [4.78, 5) is 19.3. The summed E-state index contributed by atoms with van der Waals surface area (Å²) in [7, 11) is 0. The molecule has 2 N–H and O–H groups in total. The van der Waals surface area contributed by atoms with Gasteiger partial charge in [-0.3, -0.25) is 4.79 Å². The van der Waals surface area contributed by atoms with Crippen LogP contribution in [0.5, 0.6) is 0 Å². The van der Waals surface area contributed by atoms with Crippen LogP contribution in [0.4, 0.5) is 0 Å². The maximum atomic E-state index is 13.0. The van der Waals surface area contributed by atoms with Gasteiger partial charge < -0.3 is 9.97 Å². The summed E-state index contributed by atoms with van der Waals surface area (Å²) >= 11 is 0. The first kappa shape index (κ1) is 13.6. The van der Waals surface area contributed by atoms with Crippen molar-refractivity contribution in [2.24, 2.45) is 0 Å². The summed E-state index contributed by atoms with van der Waals surface area (Å²) < 4.78 is 1.26. The third-order valence-electron chi connectivity index (χ3n) is 4.39. The lowest BCUT2D eigenvalue weighted by atomic mass is 10.2. The van der Waals surface area contributed by atoms with Crippen LogP contribution in [0.1, 0.15) is 16.2 Å². The van der Waals surface area contributed by atoms with Gasteiger partial charge in [0.15, 0.2) is 5.69 Å². The van der Waals surface area contributed by atoms with Crippen molar-refractivity contribution in [2.45, 2.75) is 0 Å². The fourth-order valence-corrected chi connectivity index (χ4v) is 3.25. The number of nitrogens with zero attached hydrogens (tertiary/aromatic N) is 3. The highest BCUT2D eigenvalue weighted by Gasteiger charge is 2.22. The third kappa shape index (κ3) is 1.83. The van der Waals surface area contributed by atoms with Gasteiger partial charge in [-0.1, -0.05) is 36.4 Å². The van der Waals surface area contributed by atoms with Crippen molar-refractivity contribution >= 4 is 38.7 Å². The fraction of sp³-hybridized carbons (Fsp3) is 0. The number of nitrogens with one attached hydrogen (secondary N) is 2. The van der Waals surface area contributed by atoms with E-state index in [4.69, 9.17) is 0 Å². The van der Waals surface area contributed by atoms with Gasteiger partial charge in [0.05, 0.1) is 5.39 Å². The molecule has 0 atom stereocenters. The average molecular weight is 325 g/mol. The molecule has 118 valence electrons. The molecule has 0 aliphatic heterocycles. The van der Waals surface area contributed by atoms with Crippen LogP contribution in [-0.4, -0.2) is 25.7 Å². The fourth-order valence-electron chi connectivity index (χ4n) is 3.25. The maximum absolute atomic E-state index is 13.0. The molecular formula is C19H11N5O. The third-order valence-corrected chi connectivity index (χ3v) is 4.39. The van der Waals surface area contributed by atoms with E-state index in [1.807, 2.05) is 48.5 Å². The Morgan fingerprint density at radius 2 is 1.80 bits per heavy atom. The molecule has 6 nitrogen and oxygen atoms in total. The Kier molecular flexibility index (Phi) is 2.62. The number of aromatic nitrogens is 4. The molecule has 0 amide bonds. The topological polar surface area (TPSA) is 90.3 Å². The zero-order chi connectivity index (χ0) is 17.0. The minimum atomic E-state index is -0.311. The molecule has 0 aliphatic carbocycles. The number of para-hydroxylation sites is 2. The highest BCUT2D eigenvalue weighted by atomic mass is 16.2. The van der Waals surface area contributed by atoms with E-state index in [2.05, 4.69) is 21.1 Å². The molecule has 6 heteroatoms. The van der Waals surface area contributed by atoms with E-state index in [9.17, 15) is 10.1 Å². The minimum absolute atomic E-state index is 0.233. The van der Waals surface area contributed by atoms with Crippen molar-refractivity contribution in [3.8, 4) is 6.07 Å². The molecule has 0 saturated heterocycles. The molecule has 0 unspecified atom stereocenters. The molecule has 5 rings (SSSR count). The van der Waals surface area contributed by atoms with Crippen LogP contribution in [0, 0.1) is 11.3 Å². The second kappa shape index (κ2) is 4.82. The van der Waals surface area contributed by atoms with Crippen LogP contribution in [0.2, 0.25) is 0 Å². The van der Waals surface area contributed by atoms with E-state index in [1.165, 1.54) is 4.68 Å². The van der Waals surface area contributed by atoms with E-state index in [0.717, 1.165) is 21.8 Å². The first-order valence-electron chi connectivity index (χ1n) is 7.78. The van der Waals surface area contributed by atoms with Crippen molar-refractivity contribution in [2.75, 3.05) is 0 Å². The number of nitriles is 1. The highest BCUT2D eigenvalue weighted by molar-refractivity contribution is 6.12. The van der Waals surface area contributed by atoms with Gasteiger partial charge in [-0.2, -0.15) is 15.0 Å². The molecule has 25 heavy (non-hydrogen) atoms. The normalized spacial score (nSPS) is 11.3. The van der Waals surface area contributed by atoms with Crippen LogP contribution < -0.4 is 0 Å². The van der Waals surface area contributed by atoms with Crippen LogP contribution in [0.25, 0.3) is 32.8 Å². The van der Waals surface area contributed by atoms with Gasteiger partial charge in [-0.15, -0.1) is 0 Å². The monoisotopic (exact) mass is 325 g/mol. The van der Waals surface area contributed by atoms with Gasteiger partial charge in [0, 0.05) is 21.8 Å². The maximum Gasteiger partial charge on any atom is 0.296 e. The molecule has 5 aromatic rings. The Morgan fingerprint density at radius 1 is 1.04 bits per heavy atom. The predicted octanol–water partition coefficient (Wildman–Crippen LogP) is 3.56. The number of carbonyl (C=O) groups excluding carboxylic acids is 1. The standard InChI is InChI=1S/C19H11N5O/c20-10-16-17-12-6-2-4-8-14(12)22-18(17)24(23-16)19(25)15-9-11-5-1-3-7-13(11)21-15/h1-9,21-22H. The zero-order valence-corrected chi connectivity index (χ0v) is 12.9. The SMILES string of the molecule is N#Cc1nn(C(=O)c2cc3ccccc3[nH]2)c2[nH]c3ccccc3c12. The van der Waals surface area contributed by atoms with Gasteiger partial charge in [-0.05, 0) is 18.2 Å². The van der Waals surface area contributed by atoms with Crippen molar-refractivity contribution < 1.29 is 4.79 Å². The summed E-state index contributed by atoms with van der Waals surface area (Å²) in [6.45, 7) is 0. The second-order valence-corrected chi connectivity index (χ2v) is 5.84. The second-order valence-electron chi connectivity index (χ2n) is 5.84. The number of carbonyl (C=O) groups is 1. The Bertz CT molecular complexity index is 1300. The number of aromatic amines is 2. The molecule has 0 saturated carbocycles. The van der Waals surface area contributed by atoms with Crippen LogP contribution in [0.15, 0.2) is 54.6 Å². The Hall–Kier alpha value is -3.85. The minimum Gasteiger partial charge on any atom is -0.350 e. The van der Waals surface area contributed by atoms with Crippen molar-refractivity contribution in [3.05, 3.63) is 66.0 Å². The lowest BCUT2D eigenvalue weighted by Crippen LogP contribution is -2.14. The zero-order valence-electron chi connectivity index (χ0n) is 12.9. The number of rotatable bonds is 1. The van der Waals surface area contributed by atoms with E-state index in [1.54, 1.807) is 6.07 Å². The van der Waals surface area contributed by atoms with E-state index in [-0.39, 0.29) is 11.6 Å².